The molecule has 3 unspecified atom stereocenters. The summed E-state index contributed by atoms with van der Waals surface area (Å²) < 4.78 is 10.9. The van der Waals surface area contributed by atoms with E-state index in [4.69, 9.17) is 14.1 Å². The van der Waals surface area contributed by atoms with E-state index >= 15 is 0 Å². The van der Waals surface area contributed by atoms with Gasteiger partial charge in [0, 0.05) is 45.1 Å². The molecule has 2 saturated heterocycles. The summed E-state index contributed by atoms with van der Waals surface area (Å²) in [6.45, 7) is 10.4. The highest BCUT2D eigenvalue weighted by Gasteiger charge is 2.25. The van der Waals surface area contributed by atoms with Crippen LogP contribution in [0, 0.1) is 17.8 Å². The topological polar surface area (TPSA) is 50.0 Å². The van der Waals surface area contributed by atoms with Gasteiger partial charge < -0.3 is 19.4 Å². The maximum atomic E-state index is 5.48. The van der Waals surface area contributed by atoms with Crippen LogP contribution in [0.15, 0.2) is 27.8 Å². The van der Waals surface area contributed by atoms with Crippen molar-refractivity contribution in [2.45, 2.75) is 33.1 Å². The first kappa shape index (κ1) is 20.6. The molecule has 0 bridgehead atoms. The number of ether oxygens (including phenoxy) is 1. The van der Waals surface area contributed by atoms with Crippen LogP contribution in [0.25, 0.3) is 0 Å². The fraction of sp³-hybridized carbons (Fsp3) is 0.737. The molecule has 0 amide bonds. The monoisotopic (exact) mass is 461 g/mol. The minimum atomic E-state index is 0. The minimum absolute atomic E-state index is 0. The van der Waals surface area contributed by atoms with Crippen LogP contribution >= 0.6 is 24.0 Å². The predicted molar refractivity (Wildman–Crippen MR) is 112 cm³/mol. The SMILES string of the molecule is CC1CCN(C(=NCC2CCOC2)NCCc2ccco2)CC1C.I. The van der Waals surface area contributed by atoms with E-state index in [0.717, 1.165) is 69.9 Å². The molecule has 142 valence electrons. The van der Waals surface area contributed by atoms with Gasteiger partial charge in [0.2, 0.25) is 0 Å². The molecule has 0 aliphatic carbocycles. The largest absolute Gasteiger partial charge is 0.469 e. The smallest absolute Gasteiger partial charge is 0.193 e. The van der Waals surface area contributed by atoms with Gasteiger partial charge in [-0.15, -0.1) is 24.0 Å². The molecular formula is C19H32IN3O2. The minimum Gasteiger partial charge on any atom is -0.469 e. The molecule has 0 spiro atoms. The third-order valence-corrected chi connectivity index (χ3v) is 5.39. The Labute approximate surface area is 168 Å². The van der Waals surface area contributed by atoms with Crippen LogP contribution in [0.5, 0.6) is 0 Å². The Hall–Kier alpha value is -0.760. The lowest BCUT2D eigenvalue weighted by molar-refractivity contribution is 0.186. The third-order valence-electron chi connectivity index (χ3n) is 5.39. The van der Waals surface area contributed by atoms with Gasteiger partial charge in [-0.25, -0.2) is 0 Å². The van der Waals surface area contributed by atoms with Crippen LogP contribution in [-0.2, 0) is 11.2 Å². The fourth-order valence-electron chi connectivity index (χ4n) is 3.42. The van der Waals surface area contributed by atoms with Crippen LogP contribution in [0.1, 0.15) is 32.4 Å². The molecule has 0 radical (unpaired) electrons. The molecule has 0 aromatic carbocycles. The van der Waals surface area contributed by atoms with E-state index in [9.17, 15) is 0 Å². The second-order valence-electron chi connectivity index (χ2n) is 7.34. The molecule has 1 N–H and O–H groups in total. The van der Waals surface area contributed by atoms with Gasteiger partial charge in [0.25, 0.3) is 0 Å². The highest BCUT2D eigenvalue weighted by molar-refractivity contribution is 14.0. The van der Waals surface area contributed by atoms with Crippen LogP contribution < -0.4 is 5.32 Å². The van der Waals surface area contributed by atoms with E-state index in [1.165, 1.54) is 6.42 Å². The Bertz CT molecular complexity index is 515. The number of guanidine groups is 1. The Morgan fingerprint density at radius 3 is 2.88 bits per heavy atom. The molecule has 3 heterocycles. The first-order valence-electron chi connectivity index (χ1n) is 9.35. The molecule has 1 aromatic rings. The Balaban J connectivity index is 0.00000225. The highest BCUT2D eigenvalue weighted by atomic mass is 127. The zero-order valence-electron chi connectivity index (χ0n) is 15.4. The standard InChI is InChI=1S/C19H31N3O2.HI/c1-15-6-9-22(13-16(15)2)19(21-12-17-7-11-23-14-17)20-8-5-18-4-3-10-24-18;/h3-4,10,15-17H,5-9,11-14H2,1-2H3,(H,20,21);1H. The van der Waals surface area contributed by atoms with Crippen LogP contribution in [0.2, 0.25) is 0 Å². The predicted octanol–water partition coefficient (Wildman–Crippen LogP) is 3.40. The van der Waals surface area contributed by atoms with Gasteiger partial charge >= 0.3 is 0 Å². The number of rotatable bonds is 5. The van der Waals surface area contributed by atoms with Gasteiger partial charge in [-0.1, -0.05) is 13.8 Å². The van der Waals surface area contributed by atoms with Crippen LogP contribution in [-0.4, -0.2) is 50.3 Å². The van der Waals surface area contributed by atoms with Crippen LogP contribution in [0.4, 0.5) is 0 Å². The molecule has 25 heavy (non-hydrogen) atoms. The molecule has 1 aromatic heterocycles. The summed E-state index contributed by atoms with van der Waals surface area (Å²) in [5.74, 6) is 4.17. The first-order valence-corrected chi connectivity index (χ1v) is 9.35. The highest BCUT2D eigenvalue weighted by Crippen LogP contribution is 2.22. The van der Waals surface area contributed by atoms with Crippen molar-refractivity contribution in [3.05, 3.63) is 24.2 Å². The number of likely N-dealkylation sites (tertiary alicyclic amines) is 1. The lowest BCUT2D eigenvalue weighted by atomic mass is 9.89. The fourth-order valence-corrected chi connectivity index (χ4v) is 3.42. The Morgan fingerprint density at radius 1 is 1.32 bits per heavy atom. The van der Waals surface area contributed by atoms with E-state index in [1.807, 2.05) is 12.1 Å². The van der Waals surface area contributed by atoms with Crippen molar-refractivity contribution in [3.63, 3.8) is 0 Å². The summed E-state index contributed by atoms with van der Waals surface area (Å²) in [7, 11) is 0. The average Bonchev–Trinajstić information content (AvgIpc) is 3.27. The molecule has 0 saturated carbocycles. The molecule has 2 fully saturated rings. The van der Waals surface area contributed by atoms with Crippen molar-refractivity contribution < 1.29 is 9.15 Å². The van der Waals surface area contributed by atoms with E-state index in [2.05, 4.69) is 24.1 Å². The number of nitrogens with zero attached hydrogens (tertiary/aromatic N) is 2. The summed E-state index contributed by atoms with van der Waals surface area (Å²) in [6.07, 6.45) is 5.00. The molecule has 2 aliphatic heterocycles. The summed E-state index contributed by atoms with van der Waals surface area (Å²) in [5, 5.41) is 3.56. The van der Waals surface area contributed by atoms with Crippen molar-refractivity contribution in [1.82, 2.24) is 10.2 Å². The van der Waals surface area contributed by atoms with Crippen molar-refractivity contribution in [1.29, 1.82) is 0 Å². The van der Waals surface area contributed by atoms with Gasteiger partial charge in [-0.2, -0.15) is 0 Å². The van der Waals surface area contributed by atoms with Crippen molar-refractivity contribution >= 4 is 29.9 Å². The third kappa shape index (κ3) is 6.16. The summed E-state index contributed by atoms with van der Waals surface area (Å²) in [4.78, 5) is 7.36. The van der Waals surface area contributed by atoms with Gasteiger partial charge in [0.15, 0.2) is 5.96 Å². The first-order chi connectivity index (χ1) is 11.7. The van der Waals surface area contributed by atoms with Crippen molar-refractivity contribution in [3.8, 4) is 0 Å². The zero-order valence-corrected chi connectivity index (χ0v) is 17.8. The van der Waals surface area contributed by atoms with E-state index in [0.29, 0.717) is 11.8 Å². The molecule has 3 rings (SSSR count). The lowest BCUT2D eigenvalue weighted by Crippen LogP contribution is -2.48. The number of halogens is 1. The number of hydrogen-bond donors (Lipinski definition) is 1. The number of hydrogen-bond acceptors (Lipinski definition) is 3. The average molecular weight is 461 g/mol. The molecule has 2 aliphatic rings. The number of furan rings is 1. The molecule has 5 nitrogen and oxygen atoms in total. The van der Waals surface area contributed by atoms with Gasteiger partial charge in [0.05, 0.1) is 12.9 Å². The van der Waals surface area contributed by atoms with Gasteiger partial charge in [-0.05, 0) is 36.8 Å². The summed E-state index contributed by atoms with van der Waals surface area (Å²) >= 11 is 0. The number of piperidine rings is 1. The van der Waals surface area contributed by atoms with E-state index in [1.54, 1.807) is 6.26 Å². The number of nitrogens with one attached hydrogen (secondary N) is 1. The lowest BCUT2D eigenvalue weighted by Gasteiger charge is -2.37. The summed E-state index contributed by atoms with van der Waals surface area (Å²) in [6, 6.07) is 3.97. The van der Waals surface area contributed by atoms with Crippen molar-refractivity contribution in [2.75, 3.05) is 39.4 Å². The quantitative estimate of drug-likeness (QED) is 0.415. The maximum Gasteiger partial charge on any atom is 0.193 e. The van der Waals surface area contributed by atoms with Crippen LogP contribution in [0.3, 0.4) is 0 Å². The number of aliphatic imine (C=N–C) groups is 1. The molecular weight excluding hydrogens is 429 g/mol. The van der Waals surface area contributed by atoms with E-state index in [-0.39, 0.29) is 24.0 Å². The Morgan fingerprint density at radius 2 is 2.20 bits per heavy atom. The van der Waals surface area contributed by atoms with Gasteiger partial charge in [0.1, 0.15) is 5.76 Å². The molecule has 3 atom stereocenters. The summed E-state index contributed by atoms with van der Waals surface area (Å²) in [5.41, 5.74) is 0. The van der Waals surface area contributed by atoms with E-state index < -0.39 is 0 Å². The zero-order chi connectivity index (χ0) is 16.8. The normalized spacial score (nSPS) is 27.2. The second-order valence-corrected chi connectivity index (χ2v) is 7.34. The second kappa shape index (κ2) is 10.4. The van der Waals surface area contributed by atoms with Crippen molar-refractivity contribution in [2.24, 2.45) is 22.7 Å². The Kier molecular flexibility index (Phi) is 8.55. The molecule has 6 heteroatoms. The maximum absolute atomic E-state index is 5.48. The van der Waals surface area contributed by atoms with Gasteiger partial charge in [-0.3, -0.25) is 4.99 Å².